The molecule has 0 saturated carbocycles. The number of rotatable bonds is 6. The molecule has 0 saturated heterocycles. The fourth-order valence-corrected chi connectivity index (χ4v) is 2.95. The lowest BCUT2D eigenvalue weighted by molar-refractivity contribution is 0.0956. The van der Waals surface area contributed by atoms with Gasteiger partial charge < -0.3 is 4.74 Å². The molecule has 0 spiro atoms. The van der Waals surface area contributed by atoms with Crippen LogP contribution in [0.5, 0.6) is 5.75 Å². The van der Waals surface area contributed by atoms with Gasteiger partial charge in [0, 0.05) is 16.0 Å². The first-order chi connectivity index (χ1) is 10.2. The van der Waals surface area contributed by atoms with Crippen molar-refractivity contribution in [3.63, 3.8) is 0 Å². The number of benzene rings is 2. The molecular formula is C18H19BrO2. The summed E-state index contributed by atoms with van der Waals surface area (Å²) in [6.45, 7) is 4.59. The summed E-state index contributed by atoms with van der Waals surface area (Å²) in [5.74, 6) is 0.799. The summed E-state index contributed by atoms with van der Waals surface area (Å²) < 4.78 is 6.24. The summed E-state index contributed by atoms with van der Waals surface area (Å²) >= 11 is 3.49. The highest BCUT2D eigenvalue weighted by molar-refractivity contribution is 9.10. The lowest BCUT2D eigenvalue weighted by Crippen LogP contribution is -2.13. The topological polar surface area (TPSA) is 26.3 Å². The first-order valence-electron chi connectivity index (χ1n) is 7.18. The third-order valence-electron chi connectivity index (χ3n) is 3.44. The van der Waals surface area contributed by atoms with Gasteiger partial charge in [-0.3, -0.25) is 4.79 Å². The van der Waals surface area contributed by atoms with Crippen molar-refractivity contribution in [3.8, 4) is 5.75 Å². The van der Waals surface area contributed by atoms with Gasteiger partial charge in [0.15, 0.2) is 5.78 Å². The number of carbonyl (C=O) groups excluding carboxylic acids is 1. The Hall–Kier alpha value is -1.61. The van der Waals surface area contributed by atoms with E-state index in [4.69, 9.17) is 4.74 Å². The molecule has 0 aliphatic rings. The van der Waals surface area contributed by atoms with Crippen LogP contribution in [0.3, 0.4) is 0 Å². The van der Waals surface area contributed by atoms with Gasteiger partial charge in [0.1, 0.15) is 5.75 Å². The molecule has 3 heteroatoms. The van der Waals surface area contributed by atoms with E-state index in [2.05, 4.69) is 15.9 Å². The van der Waals surface area contributed by atoms with E-state index in [1.165, 1.54) is 0 Å². The molecule has 0 aromatic heterocycles. The molecule has 0 amide bonds. The molecule has 2 aromatic carbocycles. The molecule has 0 fully saturated rings. The van der Waals surface area contributed by atoms with Crippen molar-refractivity contribution in [1.29, 1.82) is 0 Å². The Morgan fingerprint density at radius 2 is 1.86 bits per heavy atom. The monoisotopic (exact) mass is 346 g/mol. The Morgan fingerprint density at radius 3 is 2.43 bits per heavy atom. The number of Topliss-reactive ketones (excluding diaryl/α,β-unsaturated/α-hetero) is 1. The van der Waals surface area contributed by atoms with Gasteiger partial charge in [-0.15, -0.1) is 0 Å². The van der Waals surface area contributed by atoms with Gasteiger partial charge in [0.05, 0.1) is 6.61 Å². The minimum atomic E-state index is -0.111. The van der Waals surface area contributed by atoms with Gasteiger partial charge in [-0.05, 0) is 53.0 Å². The van der Waals surface area contributed by atoms with E-state index in [-0.39, 0.29) is 11.7 Å². The van der Waals surface area contributed by atoms with Crippen molar-refractivity contribution in [2.24, 2.45) is 0 Å². The standard InChI is InChI=1S/C18H19BrO2/c1-3-15(13-8-6-5-7-9-13)18(20)16-11-10-14(21-4-2)12-17(16)19/h5-12,15H,3-4H2,1-2H3. The Labute approximate surface area is 134 Å². The Balaban J connectivity index is 2.30. The zero-order valence-electron chi connectivity index (χ0n) is 12.3. The number of hydrogen-bond acceptors (Lipinski definition) is 2. The zero-order chi connectivity index (χ0) is 15.2. The van der Waals surface area contributed by atoms with Gasteiger partial charge in [-0.1, -0.05) is 37.3 Å². The maximum Gasteiger partial charge on any atom is 0.171 e. The number of hydrogen-bond donors (Lipinski definition) is 0. The summed E-state index contributed by atoms with van der Waals surface area (Å²) in [4.78, 5) is 12.8. The molecule has 0 bridgehead atoms. The van der Waals surface area contributed by atoms with Crippen molar-refractivity contribution >= 4 is 21.7 Å². The lowest BCUT2D eigenvalue weighted by atomic mass is 9.88. The molecule has 0 N–H and O–H groups in total. The van der Waals surface area contributed by atoms with E-state index in [1.807, 2.05) is 62.4 Å². The summed E-state index contributed by atoms with van der Waals surface area (Å²) in [5.41, 5.74) is 1.76. The highest BCUT2D eigenvalue weighted by atomic mass is 79.9. The third kappa shape index (κ3) is 3.73. The average molecular weight is 347 g/mol. The minimum absolute atomic E-state index is 0.111. The van der Waals surface area contributed by atoms with E-state index in [0.29, 0.717) is 12.2 Å². The van der Waals surface area contributed by atoms with Crippen LogP contribution < -0.4 is 4.74 Å². The molecule has 0 heterocycles. The molecule has 0 radical (unpaired) electrons. The molecule has 2 aromatic rings. The van der Waals surface area contributed by atoms with E-state index >= 15 is 0 Å². The Kier molecular flexibility index (Phi) is 5.57. The quantitative estimate of drug-likeness (QED) is 0.670. The molecule has 0 aliphatic carbocycles. The fourth-order valence-electron chi connectivity index (χ4n) is 2.40. The Bertz CT molecular complexity index is 608. The van der Waals surface area contributed by atoms with Crippen LogP contribution in [-0.4, -0.2) is 12.4 Å². The smallest absolute Gasteiger partial charge is 0.171 e. The van der Waals surface area contributed by atoms with Crippen LogP contribution in [0, 0.1) is 0 Å². The van der Waals surface area contributed by atoms with E-state index < -0.39 is 0 Å². The van der Waals surface area contributed by atoms with Crippen LogP contribution in [0.2, 0.25) is 0 Å². The number of ketones is 1. The van der Waals surface area contributed by atoms with Crippen molar-refractivity contribution < 1.29 is 9.53 Å². The predicted molar refractivity (Wildman–Crippen MR) is 89.1 cm³/mol. The molecule has 2 rings (SSSR count). The Morgan fingerprint density at radius 1 is 1.14 bits per heavy atom. The largest absolute Gasteiger partial charge is 0.494 e. The first kappa shape index (κ1) is 15.8. The lowest BCUT2D eigenvalue weighted by Gasteiger charge is -2.15. The van der Waals surface area contributed by atoms with Gasteiger partial charge in [0.25, 0.3) is 0 Å². The fraction of sp³-hybridized carbons (Fsp3) is 0.278. The highest BCUT2D eigenvalue weighted by Crippen LogP contribution is 2.30. The second-order valence-electron chi connectivity index (χ2n) is 4.81. The average Bonchev–Trinajstić information content (AvgIpc) is 2.49. The molecular weight excluding hydrogens is 328 g/mol. The summed E-state index contributed by atoms with van der Waals surface area (Å²) in [5, 5.41) is 0. The second-order valence-corrected chi connectivity index (χ2v) is 5.66. The van der Waals surface area contributed by atoms with Gasteiger partial charge in [0.2, 0.25) is 0 Å². The number of carbonyl (C=O) groups is 1. The summed E-state index contributed by atoms with van der Waals surface area (Å²) in [6.07, 6.45) is 0.780. The second kappa shape index (κ2) is 7.41. The summed E-state index contributed by atoms with van der Waals surface area (Å²) in [6, 6.07) is 15.5. The van der Waals surface area contributed by atoms with Crippen LogP contribution in [0.4, 0.5) is 0 Å². The van der Waals surface area contributed by atoms with E-state index in [9.17, 15) is 4.79 Å². The van der Waals surface area contributed by atoms with E-state index in [0.717, 1.165) is 22.2 Å². The molecule has 21 heavy (non-hydrogen) atoms. The van der Waals surface area contributed by atoms with Crippen LogP contribution in [-0.2, 0) is 0 Å². The normalized spacial score (nSPS) is 12.0. The van der Waals surface area contributed by atoms with Crippen LogP contribution in [0.15, 0.2) is 53.0 Å². The molecule has 110 valence electrons. The van der Waals surface area contributed by atoms with Crippen LogP contribution in [0.25, 0.3) is 0 Å². The molecule has 1 atom stereocenters. The van der Waals surface area contributed by atoms with Gasteiger partial charge in [-0.25, -0.2) is 0 Å². The van der Waals surface area contributed by atoms with Gasteiger partial charge >= 0.3 is 0 Å². The van der Waals surface area contributed by atoms with Crippen molar-refractivity contribution in [3.05, 3.63) is 64.1 Å². The van der Waals surface area contributed by atoms with Crippen molar-refractivity contribution in [1.82, 2.24) is 0 Å². The first-order valence-corrected chi connectivity index (χ1v) is 7.98. The maximum atomic E-state index is 12.8. The zero-order valence-corrected chi connectivity index (χ0v) is 13.9. The number of ether oxygens (including phenoxy) is 1. The van der Waals surface area contributed by atoms with E-state index in [1.54, 1.807) is 0 Å². The summed E-state index contributed by atoms with van der Waals surface area (Å²) in [7, 11) is 0. The highest BCUT2D eigenvalue weighted by Gasteiger charge is 2.22. The maximum absolute atomic E-state index is 12.8. The third-order valence-corrected chi connectivity index (χ3v) is 4.10. The van der Waals surface area contributed by atoms with Crippen LogP contribution in [0.1, 0.15) is 42.1 Å². The van der Waals surface area contributed by atoms with Crippen molar-refractivity contribution in [2.45, 2.75) is 26.2 Å². The van der Waals surface area contributed by atoms with Crippen molar-refractivity contribution in [2.75, 3.05) is 6.61 Å². The van der Waals surface area contributed by atoms with Gasteiger partial charge in [-0.2, -0.15) is 0 Å². The molecule has 0 aliphatic heterocycles. The number of halogens is 1. The minimum Gasteiger partial charge on any atom is -0.494 e. The molecule has 2 nitrogen and oxygen atoms in total. The predicted octanol–water partition coefficient (Wildman–Crippen LogP) is 5.22. The SMILES string of the molecule is CCOc1ccc(C(=O)C(CC)c2ccccc2)c(Br)c1. The molecule has 1 unspecified atom stereocenters. The van der Waals surface area contributed by atoms with Crippen LogP contribution >= 0.6 is 15.9 Å².